The van der Waals surface area contributed by atoms with Gasteiger partial charge in [-0.2, -0.15) is 18.3 Å². The summed E-state index contributed by atoms with van der Waals surface area (Å²) in [6.45, 7) is 0. The number of para-hydroxylation sites is 2. The van der Waals surface area contributed by atoms with E-state index in [1.807, 2.05) is 0 Å². The molecule has 0 unspecified atom stereocenters. The summed E-state index contributed by atoms with van der Waals surface area (Å²) in [6.07, 6.45) is -6.08. The molecule has 118 valence electrons. The number of rotatable bonds is 5. The Morgan fingerprint density at radius 2 is 2.05 bits per heavy atom. The molecule has 0 saturated carbocycles. The van der Waals surface area contributed by atoms with Gasteiger partial charge in [-0.1, -0.05) is 12.1 Å². The van der Waals surface area contributed by atoms with Crippen LogP contribution in [0.25, 0.3) is 5.69 Å². The third-order valence-electron chi connectivity index (χ3n) is 2.72. The lowest BCUT2D eigenvalue weighted by Crippen LogP contribution is -2.16. The second-order valence-corrected chi connectivity index (χ2v) is 4.46. The van der Waals surface area contributed by atoms with Crippen LogP contribution in [0.3, 0.4) is 0 Å². The monoisotopic (exact) mass is 314 g/mol. The van der Waals surface area contributed by atoms with Gasteiger partial charge in [-0.25, -0.2) is 9.67 Å². The fraction of sp³-hybridized carbons (Fsp3) is 0.308. The number of aromatic nitrogens is 3. The van der Waals surface area contributed by atoms with E-state index in [9.17, 15) is 18.0 Å². The van der Waals surface area contributed by atoms with Crippen LogP contribution in [0.2, 0.25) is 0 Å². The number of hydrogen-bond acceptors (Lipinski definition) is 4. The van der Waals surface area contributed by atoms with Crippen LogP contribution in [-0.4, -0.2) is 34.0 Å². The summed E-state index contributed by atoms with van der Waals surface area (Å²) in [7, 11) is 1.39. The summed E-state index contributed by atoms with van der Waals surface area (Å²) in [6, 6.07) is 6.43. The molecule has 9 heteroatoms. The highest BCUT2D eigenvalue weighted by molar-refractivity contribution is 5.75. The van der Waals surface area contributed by atoms with Crippen molar-refractivity contribution in [2.45, 2.75) is 19.0 Å². The van der Waals surface area contributed by atoms with Crippen LogP contribution in [0.1, 0.15) is 11.6 Å². The number of hydrogen-bond donors (Lipinski definition) is 1. The maximum absolute atomic E-state index is 12.7. The molecule has 1 amide bonds. The van der Waals surface area contributed by atoms with Crippen molar-refractivity contribution >= 4 is 5.91 Å². The van der Waals surface area contributed by atoms with Gasteiger partial charge in [0.25, 0.3) is 0 Å². The minimum Gasteiger partial charge on any atom is -0.494 e. The van der Waals surface area contributed by atoms with E-state index in [0.29, 0.717) is 11.4 Å². The predicted octanol–water partition coefficient (Wildman–Crippen LogP) is 1.41. The standard InChI is InChI=1S/C13H13F3N4O2/c1-22-9-5-3-2-4-8(9)20-12(7-13(14,15)16)18-11(19-20)6-10(17)21/h2-5H,6-7H2,1H3,(H2,17,21). The molecule has 0 aliphatic heterocycles. The highest BCUT2D eigenvalue weighted by atomic mass is 19.4. The lowest BCUT2D eigenvalue weighted by Gasteiger charge is -2.11. The highest BCUT2D eigenvalue weighted by Gasteiger charge is 2.32. The molecule has 0 spiro atoms. The topological polar surface area (TPSA) is 83.0 Å². The number of amides is 1. The van der Waals surface area contributed by atoms with Gasteiger partial charge in [-0.3, -0.25) is 4.79 Å². The van der Waals surface area contributed by atoms with Gasteiger partial charge in [0.15, 0.2) is 5.82 Å². The van der Waals surface area contributed by atoms with Crippen molar-refractivity contribution in [3.8, 4) is 11.4 Å². The van der Waals surface area contributed by atoms with Crippen LogP contribution in [-0.2, 0) is 17.6 Å². The summed E-state index contributed by atoms with van der Waals surface area (Å²) in [5.41, 5.74) is 5.33. The van der Waals surface area contributed by atoms with E-state index in [1.54, 1.807) is 24.3 Å². The Morgan fingerprint density at radius 1 is 1.36 bits per heavy atom. The number of carbonyl (C=O) groups excluding carboxylic acids is 1. The summed E-state index contributed by atoms with van der Waals surface area (Å²) in [5, 5.41) is 3.94. The highest BCUT2D eigenvalue weighted by Crippen LogP contribution is 2.26. The third-order valence-corrected chi connectivity index (χ3v) is 2.72. The van der Waals surface area contributed by atoms with E-state index < -0.39 is 18.5 Å². The Morgan fingerprint density at radius 3 is 2.64 bits per heavy atom. The molecule has 2 N–H and O–H groups in total. The fourth-order valence-electron chi connectivity index (χ4n) is 1.91. The van der Waals surface area contributed by atoms with Crippen molar-refractivity contribution in [2.24, 2.45) is 5.73 Å². The molecular formula is C13H13F3N4O2. The zero-order valence-electron chi connectivity index (χ0n) is 11.6. The Labute approximate surface area is 123 Å². The van der Waals surface area contributed by atoms with Crippen LogP contribution < -0.4 is 10.5 Å². The van der Waals surface area contributed by atoms with Crippen molar-refractivity contribution in [1.29, 1.82) is 0 Å². The Bertz CT molecular complexity index is 682. The van der Waals surface area contributed by atoms with Gasteiger partial charge < -0.3 is 10.5 Å². The predicted molar refractivity (Wildman–Crippen MR) is 70.6 cm³/mol. The normalized spacial score (nSPS) is 11.5. The van der Waals surface area contributed by atoms with E-state index in [1.165, 1.54) is 7.11 Å². The van der Waals surface area contributed by atoms with Crippen molar-refractivity contribution in [3.63, 3.8) is 0 Å². The molecule has 22 heavy (non-hydrogen) atoms. The number of alkyl halides is 3. The van der Waals surface area contributed by atoms with Crippen LogP contribution in [0.15, 0.2) is 24.3 Å². The van der Waals surface area contributed by atoms with Gasteiger partial charge in [-0.05, 0) is 12.1 Å². The first-order valence-corrected chi connectivity index (χ1v) is 6.23. The molecule has 1 aromatic heterocycles. The molecule has 0 bridgehead atoms. The van der Waals surface area contributed by atoms with Crippen molar-refractivity contribution in [2.75, 3.05) is 7.11 Å². The summed E-state index contributed by atoms with van der Waals surface area (Å²) in [5.74, 6) is -0.803. The minimum absolute atomic E-state index is 0.0716. The molecule has 0 atom stereocenters. The first-order chi connectivity index (χ1) is 10.3. The van der Waals surface area contributed by atoms with Crippen LogP contribution in [0, 0.1) is 0 Å². The molecular weight excluding hydrogens is 301 g/mol. The van der Waals surface area contributed by atoms with Crippen LogP contribution in [0.4, 0.5) is 13.2 Å². The largest absolute Gasteiger partial charge is 0.494 e. The summed E-state index contributed by atoms with van der Waals surface area (Å²) >= 11 is 0. The zero-order valence-corrected chi connectivity index (χ0v) is 11.6. The van der Waals surface area contributed by atoms with E-state index in [-0.39, 0.29) is 18.1 Å². The van der Waals surface area contributed by atoms with Crippen LogP contribution >= 0.6 is 0 Å². The number of primary amides is 1. The lowest BCUT2D eigenvalue weighted by atomic mass is 10.3. The maximum Gasteiger partial charge on any atom is 0.396 e. The molecule has 0 aliphatic rings. The number of nitrogens with zero attached hydrogens (tertiary/aromatic N) is 3. The van der Waals surface area contributed by atoms with Gasteiger partial charge in [0, 0.05) is 0 Å². The molecule has 2 aromatic rings. The first-order valence-electron chi connectivity index (χ1n) is 6.23. The Balaban J connectivity index is 2.52. The molecule has 0 aliphatic carbocycles. The van der Waals surface area contributed by atoms with Crippen molar-refractivity contribution < 1.29 is 22.7 Å². The molecule has 0 saturated heterocycles. The van der Waals surface area contributed by atoms with Gasteiger partial charge >= 0.3 is 6.18 Å². The SMILES string of the molecule is COc1ccccc1-n1nc(CC(N)=O)nc1CC(F)(F)F. The first kappa shape index (κ1) is 15.8. The number of nitrogens with two attached hydrogens (primary N) is 1. The van der Waals surface area contributed by atoms with Crippen LogP contribution in [0.5, 0.6) is 5.75 Å². The number of ether oxygens (including phenoxy) is 1. The second-order valence-electron chi connectivity index (χ2n) is 4.46. The number of carbonyl (C=O) groups is 1. The molecule has 1 heterocycles. The number of methoxy groups -OCH3 is 1. The number of benzene rings is 1. The molecule has 0 radical (unpaired) electrons. The smallest absolute Gasteiger partial charge is 0.396 e. The zero-order chi connectivity index (χ0) is 16.3. The second kappa shape index (κ2) is 6.04. The number of halogens is 3. The third kappa shape index (κ3) is 3.74. The van der Waals surface area contributed by atoms with Gasteiger partial charge in [0.05, 0.1) is 13.5 Å². The minimum atomic E-state index is -4.46. The molecule has 6 nitrogen and oxygen atoms in total. The van der Waals surface area contributed by atoms with Crippen molar-refractivity contribution in [1.82, 2.24) is 14.8 Å². The Kier molecular flexibility index (Phi) is 4.34. The van der Waals surface area contributed by atoms with Gasteiger partial charge in [0.2, 0.25) is 5.91 Å². The average Bonchev–Trinajstić information content (AvgIpc) is 2.78. The van der Waals surface area contributed by atoms with Gasteiger partial charge in [-0.15, -0.1) is 0 Å². The van der Waals surface area contributed by atoms with E-state index in [2.05, 4.69) is 10.1 Å². The average molecular weight is 314 g/mol. The molecule has 1 aromatic carbocycles. The van der Waals surface area contributed by atoms with E-state index in [0.717, 1.165) is 4.68 Å². The fourth-order valence-corrected chi connectivity index (χ4v) is 1.91. The van der Waals surface area contributed by atoms with Gasteiger partial charge in [0.1, 0.15) is 23.7 Å². The quantitative estimate of drug-likeness (QED) is 0.904. The molecule has 0 fully saturated rings. The maximum atomic E-state index is 12.7. The van der Waals surface area contributed by atoms with E-state index in [4.69, 9.17) is 10.5 Å². The van der Waals surface area contributed by atoms with Crippen molar-refractivity contribution in [3.05, 3.63) is 35.9 Å². The molecule has 2 rings (SSSR count). The van der Waals surface area contributed by atoms with E-state index >= 15 is 0 Å². The lowest BCUT2D eigenvalue weighted by molar-refractivity contribution is -0.128. The Hall–Kier alpha value is -2.58. The summed E-state index contributed by atoms with van der Waals surface area (Å²) < 4.78 is 44.2. The summed E-state index contributed by atoms with van der Waals surface area (Å²) in [4.78, 5) is 14.7.